The number of benzene rings is 1. The van der Waals surface area contributed by atoms with E-state index in [1.807, 2.05) is 30.3 Å². The third-order valence-corrected chi connectivity index (χ3v) is 7.50. The Bertz CT molecular complexity index is 739. The van der Waals surface area contributed by atoms with E-state index in [9.17, 15) is 9.59 Å². The van der Waals surface area contributed by atoms with Crippen molar-refractivity contribution < 1.29 is 14.3 Å². The molecule has 2 amide bonds. The van der Waals surface area contributed by atoms with Gasteiger partial charge in [-0.25, -0.2) is 0 Å². The van der Waals surface area contributed by atoms with E-state index >= 15 is 0 Å². The molecule has 170 valence electrons. The molecule has 6 nitrogen and oxygen atoms in total. The summed E-state index contributed by atoms with van der Waals surface area (Å²) in [5.74, 6) is 1.32. The van der Waals surface area contributed by atoms with Crippen molar-refractivity contribution in [3.8, 4) is 0 Å². The van der Waals surface area contributed by atoms with Gasteiger partial charge in [0, 0.05) is 38.7 Å². The molecule has 3 heterocycles. The number of hydrogen-bond donors (Lipinski definition) is 1. The largest absolute Gasteiger partial charge is 0.375 e. The Morgan fingerprint density at radius 2 is 1.90 bits per heavy atom. The van der Waals surface area contributed by atoms with Crippen LogP contribution in [0.3, 0.4) is 0 Å². The van der Waals surface area contributed by atoms with E-state index in [2.05, 4.69) is 15.1 Å². The van der Waals surface area contributed by atoms with Gasteiger partial charge in [-0.2, -0.15) is 0 Å². The van der Waals surface area contributed by atoms with E-state index in [-0.39, 0.29) is 24.5 Å². The predicted octanol–water partition coefficient (Wildman–Crippen LogP) is 2.82. The fourth-order valence-electron chi connectivity index (χ4n) is 6.21. The molecule has 31 heavy (non-hydrogen) atoms. The summed E-state index contributed by atoms with van der Waals surface area (Å²) in [7, 11) is 1.60. The lowest BCUT2D eigenvalue weighted by molar-refractivity contribution is -0.150. The van der Waals surface area contributed by atoms with Crippen LogP contribution in [0.5, 0.6) is 0 Å². The second-order valence-electron chi connectivity index (χ2n) is 9.44. The predicted molar refractivity (Wildman–Crippen MR) is 120 cm³/mol. The van der Waals surface area contributed by atoms with Crippen molar-refractivity contribution in [1.82, 2.24) is 15.1 Å². The van der Waals surface area contributed by atoms with Crippen LogP contribution in [0.15, 0.2) is 30.3 Å². The van der Waals surface area contributed by atoms with Crippen LogP contribution in [0.4, 0.5) is 0 Å². The fourth-order valence-corrected chi connectivity index (χ4v) is 6.21. The van der Waals surface area contributed by atoms with Crippen molar-refractivity contribution in [2.24, 2.45) is 11.8 Å². The number of rotatable bonds is 8. The molecule has 4 atom stereocenters. The third-order valence-electron chi connectivity index (χ3n) is 7.50. The summed E-state index contributed by atoms with van der Waals surface area (Å²) in [6.45, 7) is 3.99. The van der Waals surface area contributed by atoms with E-state index in [0.717, 1.165) is 24.9 Å². The molecule has 3 aliphatic heterocycles. The first-order valence-corrected chi connectivity index (χ1v) is 12.0. The van der Waals surface area contributed by atoms with Crippen LogP contribution in [0.25, 0.3) is 0 Å². The fraction of sp³-hybridized carbons (Fsp3) is 0.680. The molecule has 3 aliphatic rings. The van der Waals surface area contributed by atoms with E-state index in [4.69, 9.17) is 4.74 Å². The standard InChI is InChI=1S/C25H37N3O3/c1-31-18-24(30)28-17-20-10-6-14-27-15-7-11-21(25(20)27)22(28)12-5-13-23(29)26-16-19-8-3-2-4-9-19/h2-4,8-9,20-22,25H,5-7,10-18H2,1H3,(H,26,29)/t20-,21+,22+,25-/m0/s1. The Morgan fingerprint density at radius 3 is 2.68 bits per heavy atom. The van der Waals surface area contributed by atoms with Gasteiger partial charge in [-0.3, -0.25) is 14.5 Å². The highest BCUT2D eigenvalue weighted by Gasteiger charge is 2.49. The van der Waals surface area contributed by atoms with Gasteiger partial charge >= 0.3 is 0 Å². The summed E-state index contributed by atoms with van der Waals surface area (Å²) in [6, 6.07) is 10.9. The summed E-state index contributed by atoms with van der Waals surface area (Å²) < 4.78 is 5.20. The van der Waals surface area contributed by atoms with Gasteiger partial charge in [-0.1, -0.05) is 30.3 Å². The smallest absolute Gasteiger partial charge is 0.248 e. The van der Waals surface area contributed by atoms with E-state index in [1.54, 1.807) is 7.11 Å². The van der Waals surface area contributed by atoms with Crippen LogP contribution in [0.1, 0.15) is 50.5 Å². The number of hydrogen-bond acceptors (Lipinski definition) is 4. The summed E-state index contributed by atoms with van der Waals surface area (Å²) >= 11 is 0. The molecule has 1 N–H and O–H groups in total. The number of carbonyl (C=O) groups is 2. The molecular formula is C25H37N3O3. The zero-order valence-corrected chi connectivity index (χ0v) is 18.8. The topological polar surface area (TPSA) is 61.9 Å². The summed E-state index contributed by atoms with van der Waals surface area (Å²) in [6.07, 6.45) is 7.11. The molecule has 0 radical (unpaired) electrons. The van der Waals surface area contributed by atoms with E-state index < -0.39 is 0 Å². The molecule has 1 aromatic rings. The van der Waals surface area contributed by atoms with Crippen molar-refractivity contribution in [3.05, 3.63) is 35.9 Å². The maximum atomic E-state index is 12.9. The van der Waals surface area contributed by atoms with Crippen molar-refractivity contribution >= 4 is 11.8 Å². The Balaban J connectivity index is 1.36. The van der Waals surface area contributed by atoms with Crippen molar-refractivity contribution in [1.29, 1.82) is 0 Å². The minimum Gasteiger partial charge on any atom is -0.375 e. The number of nitrogens with zero attached hydrogens (tertiary/aromatic N) is 2. The van der Waals surface area contributed by atoms with Gasteiger partial charge in [-0.15, -0.1) is 0 Å². The molecule has 0 aromatic heterocycles. The van der Waals surface area contributed by atoms with E-state index in [1.165, 1.54) is 38.8 Å². The lowest BCUT2D eigenvalue weighted by atomic mass is 9.69. The number of nitrogens with one attached hydrogen (secondary N) is 1. The van der Waals surface area contributed by atoms with Gasteiger partial charge in [0.25, 0.3) is 0 Å². The summed E-state index contributed by atoms with van der Waals surface area (Å²) in [5, 5.41) is 3.03. The zero-order valence-electron chi connectivity index (χ0n) is 18.8. The summed E-state index contributed by atoms with van der Waals surface area (Å²) in [4.78, 5) is 30.1. The van der Waals surface area contributed by atoms with Crippen LogP contribution < -0.4 is 5.32 Å². The SMILES string of the molecule is COCC(=O)N1C[C@@H]2CCCN3CCC[C@@H]([C@H]23)[C@H]1CCCC(=O)NCc1ccccc1. The van der Waals surface area contributed by atoms with Crippen LogP contribution in [0, 0.1) is 11.8 Å². The Morgan fingerprint density at radius 1 is 1.13 bits per heavy atom. The first kappa shape index (κ1) is 22.3. The van der Waals surface area contributed by atoms with Crippen LogP contribution in [-0.2, 0) is 20.9 Å². The molecule has 0 saturated carbocycles. The number of amides is 2. The zero-order chi connectivity index (χ0) is 21.6. The second kappa shape index (κ2) is 10.6. The number of carbonyl (C=O) groups excluding carboxylic acids is 2. The Kier molecular flexibility index (Phi) is 7.62. The molecule has 3 saturated heterocycles. The van der Waals surface area contributed by atoms with Crippen molar-refractivity contribution in [2.75, 3.05) is 33.4 Å². The normalized spacial score (nSPS) is 28.1. The lowest BCUT2D eigenvalue weighted by Crippen LogP contribution is -2.65. The number of ether oxygens (including phenoxy) is 1. The van der Waals surface area contributed by atoms with Gasteiger partial charge in [0.05, 0.1) is 0 Å². The minimum atomic E-state index is 0.0928. The minimum absolute atomic E-state index is 0.0928. The molecule has 3 fully saturated rings. The molecule has 0 spiro atoms. The van der Waals surface area contributed by atoms with E-state index in [0.29, 0.717) is 30.8 Å². The number of piperidine rings is 3. The van der Waals surface area contributed by atoms with Crippen molar-refractivity contribution in [2.45, 2.75) is 63.6 Å². The molecule has 1 aromatic carbocycles. The van der Waals surface area contributed by atoms with Crippen molar-refractivity contribution in [3.63, 3.8) is 0 Å². The van der Waals surface area contributed by atoms with Gasteiger partial charge in [0.15, 0.2) is 0 Å². The molecule has 0 aliphatic carbocycles. The van der Waals surface area contributed by atoms with Crippen LogP contribution >= 0.6 is 0 Å². The average Bonchev–Trinajstić information content (AvgIpc) is 2.80. The maximum Gasteiger partial charge on any atom is 0.248 e. The average molecular weight is 428 g/mol. The highest BCUT2D eigenvalue weighted by molar-refractivity contribution is 5.78. The second-order valence-corrected chi connectivity index (χ2v) is 9.44. The maximum absolute atomic E-state index is 12.9. The van der Waals surface area contributed by atoms with Gasteiger partial charge in [-0.05, 0) is 69.0 Å². The van der Waals surface area contributed by atoms with Gasteiger partial charge < -0.3 is 15.0 Å². The molecule has 6 heteroatoms. The van der Waals surface area contributed by atoms with Gasteiger partial charge in [0.1, 0.15) is 6.61 Å². The third kappa shape index (κ3) is 5.29. The Hall–Kier alpha value is -1.92. The molecule has 0 bridgehead atoms. The molecule has 0 unspecified atom stereocenters. The highest BCUT2D eigenvalue weighted by atomic mass is 16.5. The molecule has 4 rings (SSSR count). The quantitative estimate of drug-likeness (QED) is 0.693. The van der Waals surface area contributed by atoms with Crippen LogP contribution in [0.2, 0.25) is 0 Å². The first-order valence-electron chi connectivity index (χ1n) is 12.0. The monoisotopic (exact) mass is 427 g/mol. The van der Waals surface area contributed by atoms with Gasteiger partial charge in [0.2, 0.25) is 11.8 Å². The van der Waals surface area contributed by atoms with Crippen LogP contribution in [-0.4, -0.2) is 67.0 Å². The number of methoxy groups -OCH3 is 1. The first-order chi connectivity index (χ1) is 15.2. The number of likely N-dealkylation sites (tertiary alicyclic amines) is 1. The molecular weight excluding hydrogens is 390 g/mol. The lowest BCUT2D eigenvalue weighted by Gasteiger charge is -2.57. The Labute approximate surface area is 186 Å². The summed E-state index contributed by atoms with van der Waals surface area (Å²) in [5.41, 5.74) is 1.12. The highest BCUT2D eigenvalue weighted by Crippen LogP contribution is 2.43.